The SMILES string of the molecule is CCO[C@H]1C[C@@H]2CC[C@@H](O)[C@@](O)(O2)C(=O)C(=O)N2CCCC[C@H]2C(=O)O[C@H]([C@H](C)C[C@H]2CC[C@@H](OCCO)[C@H](OC)C2)CC(=O)[C@H](C)/C=C(\C)[C@@H](O)[C@@H](OC)C(=O)[C@H](C)C[C@@H](C)/C=C/C=CC=C1C. The van der Waals surface area contributed by atoms with E-state index in [0.29, 0.717) is 50.7 Å². The largest absolute Gasteiger partial charge is 0.460 e. The number of fused-ring (bicyclic) bond motifs is 3. The molecular formula is C53H83NO15. The maximum Gasteiger partial charge on any atom is 0.329 e. The molecule has 2 bridgehead atoms. The molecule has 1 amide bonds. The van der Waals surface area contributed by atoms with Gasteiger partial charge in [0, 0.05) is 52.0 Å². The third kappa shape index (κ3) is 16.0. The molecule has 0 aromatic heterocycles. The molecule has 4 aliphatic rings. The van der Waals surface area contributed by atoms with E-state index in [2.05, 4.69) is 0 Å². The maximum atomic E-state index is 14.4. The topological polar surface area (TPSA) is 225 Å². The number of Topliss-reactive ketones (excluding diaryl/α,β-unsaturated/α-hetero) is 3. The van der Waals surface area contributed by atoms with Crippen molar-refractivity contribution in [3.63, 3.8) is 0 Å². The Labute approximate surface area is 409 Å². The zero-order chi connectivity index (χ0) is 51.0. The molecular weight excluding hydrogens is 891 g/mol. The molecule has 0 aromatic carbocycles. The number of cyclic esters (lactones) is 1. The van der Waals surface area contributed by atoms with Gasteiger partial charge in [0.15, 0.2) is 5.78 Å². The molecule has 3 heterocycles. The number of esters is 1. The van der Waals surface area contributed by atoms with E-state index in [1.807, 2.05) is 58.1 Å². The number of aliphatic hydroxyl groups excluding tert-OH is 3. The minimum atomic E-state index is -2.88. The van der Waals surface area contributed by atoms with Crippen LogP contribution in [0.4, 0.5) is 0 Å². The van der Waals surface area contributed by atoms with Crippen molar-refractivity contribution in [2.75, 3.05) is 40.6 Å². The van der Waals surface area contributed by atoms with Gasteiger partial charge in [-0.05, 0) is 114 Å². The highest BCUT2D eigenvalue weighted by Gasteiger charge is 2.54. The lowest BCUT2D eigenvalue weighted by Crippen LogP contribution is -2.63. The third-order valence-electron chi connectivity index (χ3n) is 14.6. The number of allylic oxidation sites excluding steroid dienone is 6. The van der Waals surface area contributed by atoms with Crippen molar-refractivity contribution < 1.29 is 72.8 Å². The Balaban J connectivity index is 1.71. The number of piperidine rings is 1. The van der Waals surface area contributed by atoms with Crippen LogP contribution in [0.15, 0.2) is 47.6 Å². The average Bonchev–Trinajstić information content (AvgIpc) is 3.33. The Morgan fingerprint density at radius 3 is 2.29 bits per heavy atom. The van der Waals surface area contributed by atoms with Crippen LogP contribution in [0.1, 0.15) is 126 Å². The fraction of sp³-hybridized carbons (Fsp3) is 0.755. The molecule has 4 N–H and O–H groups in total. The van der Waals surface area contributed by atoms with E-state index >= 15 is 0 Å². The van der Waals surface area contributed by atoms with Crippen LogP contribution in [-0.2, 0) is 52.4 Å². The van der Waals surface area contributed by atoms with Crippen LogP contribution < -0.4 is 0 Å². The van der Waals surface area contributed by atoms with Gasteiger partial charge in [-0.3, -0.25) is 19.2 Å². The molecule has 3 fully saturated rings. The number of carbonyl (C=O) groups is 5. The van der Waals surface area contributed by atoms with Gasteiger partial charge in [0.05, 0.1) is 37.6 Å². The van der Waals surface area contributed by atoms with Crippen molar-refractivity contribution in [1.82, 2.24) is 4.90 Å². The Bertz CT molecular complexity index is 1830. The molecule has 69 heavy (non-hydrogen) atoms. The van der Waals surface area contributed by atoms with Crippen LogP contribution in [0, 0.1) is 29.6 Å². The standard InChI is InChI=1S/C53H83NO15/c1-10-66-43-30-39-20-22-46(57)53(63,69-39)50(60)51(61)54-23-15-14-18-40(54)52(62)68-44(35(5)28-38-19-21-42(67-25-24-55)45(29-38)64-8)31-41(56)34(4)27-37(7)48(59)49(65-9)47(58)36(6)26-32(2)16-12-11-13-17-33(43)3/h11-13,16-17,27,32,34-36,38-40,42-46,48-49,55,57,59,63H,10,14-15,18-26,28-31H2,1-9H3/b13-11?,16-12+,33-17?,37-27+/t32-,34+,35+,36+,38+,39-,40-,42+,43-,44-,45+,46+,48+,49-,53+/m0/s1. The average molecular weight is 974 g/mol. The first-order chi connectivity index (χ1) is 32.8. The summed E-state index contributed by atoms with van der Waals surface area (Å²) in [4.78, 5) is 71.8. The second-order valence-corrected chi connectivity index (χ2v) is 20.0. The minimum Gasteiger partial charge on any atom is -0.460 e. The Morgan fingerprint density at radius 2 is 1.61 bits per heavy atom. The normalized spacial score (nSPS) is 37.6. The fourth-order valence-corrected chi connectivity index (χ4v) is 10.4. The van der Waals surface area contributed by atoms with Crippen molar-refractivity contribution in [2.24, 2.45) is 29.6 Å². The first-order valence-electron chi connectivity index (χ1n) is 25.3. The molecule has 0 radical (unpaired) electrons. The lowest BCUT2D eigenvalue weighted by molar-refractivity contribution is -0.283. The molecule has 0 aromatic rings. The maximum absolute atomic E-state index is 14.4. The molecule has 3 aliphatic heterocycles. The predicted molar refractivity (Wildman–Crippen MR) is 257 cm³/mol. The summed E-state index contributed by atoms with van der Waals surface area (Å²) in [6, 6.07) is -1.23. The van der Waals surface area contributed by atoms with E-state index in [4.69, 9.17) is 28.4 Å². The van der Waals surface area contributed by atoms with Crippen molar-refractivity contribution >= 4 is 29.2 Å². The summed E-state index contributed by atoms with van der Waals surface area (Å²) < 4.78 is 35.5. The van der Waals surface area contributed by atoms with Gasteiger partial charge in [0.2, 0.25) is 0 Å². The van der Waals surface area contributed by atoms with Gasteiger partial charge in [0.1, 0.15) is 36.2 Å². The zero-order valence-corrected chi connectivity index (χ0v) is 42.6. The second kappa shape index (κ2) is 28.0. The van der Waals surface area contributed by atoms with Crippen molar-refractivity contribution in [3.05, 3.63) is 47.6 Å². The monoisotopic (exact) mass is 974 g/mol. The smallest absolute Gasteiger partial charge is 0.329 e. The first-order valence-corrected chi connectivity index (χ1v) is 25.3. The molecule has 390 valence electrons. The molecule has 16 heteroatoms. The van der Waals surface area contributed by atoms with Crippen LogP contribution in [0.25, 0.3) is 0 Å². The first kappa shape index (κ1) is 58.1. The molecule has 0 spiro atoms. The van der Waals surface area contributed by atoms with E-state index in [9.17, 15) is 44.4 Å². The third-order valence-corrected chi connectivity index (χ3v) is 14.6. The Kier molecular flexibility index (Phi) is 23.6. The van der Waals surface area contributed by atoms with Crippen LogP contribution in [-0.4, -0.2) is 156 Å². The second-order valence-electron chi connectivity index (χ2n) is 20.0. The van der Waals surface area contributed by atoms with Gasteiger partial charge in [-0.1, -0.05) is 64.2 Å². The molecule has 2 saturated heterocycles. The van der Waals surface area contributed by atoms with Crippen molar-refractivity contribution in [1.29, 1.82) is 0 Å². The predicted octanol–water partition coefficient (Wildman–Crippen LogP) is 5.31. The summed E-state index contributed by atoms with van der Waals surface area (Å²) in [6.45, 7) is 13.2. The van der Waals surface area contributed by atoms with E-state index in [0.717, 1.165) is 16.9 Å². The van der Waals surface area contributed by atoms with E-state index in [-0.39, 0.29) is 93.4 Å². The summed E-state index contributed by atoms with van der Waals surface area (Å²) in [6.07, 6.45) is 8.72. The quantitative estimate of drug-likeness (QED) is 0.124. The summed E-state index contributed by atoms with van der Waals surface area (Å²) in [7, 11) is 2.99. The van der Waals surface area contributed by atoms with Gasteiger partial charge >= 0.3 is 5.97 Å². The molecule has 1 aliphatic carbocycles. The van der Waals surface area contributed by atoms with Crippen LogP contribution in [0.2, 0.25) is 0 Å². The van der Waals surface area contributed by atoms with Gasteiger partial charge in [-0.2, -0.15) is 0 Å². The molecule has 0 unspecified atom stereocenters. The number of carbonyl (C=O) groups excluding carboxylic acids is 5. The van der Waals surface area contributed by atoms with Crippen molar-refractivity contribution in [2.45, 2.75) is 186 Å². The van der Waals surface area contributed by atoms with Gasteiger partial charge in [-0.15, -0.1) is 0 Å². The Hall–Kier alpha value is -3.45. The number of aliphatic hydroxyl groups is 4. The minimum absolute atomic E-state index is 0.00426. The molecule has 16 nitrogen and oxygen atoms in total. The van der Waals surface area contributed by atoms with Crippen molar-refractivity contribution in [3.8, 4) is 0 Å². The highest BCUT2D eigenvalue weighted by atomic mass is 16.7. The van der Waals surface area contributed by atoms with Crippen LogP contribution in [0.5, 0.6) is 0 Å². The molecule has 1 saturated carbocycles. The number of methoxy groups -OCH3 is 2. The van der Waals surface area contributed by atoms with E-state index in [1.165, 1.54) is 7.11 Å². The van der Waals surface area contributed by atoms with E-state index in [1.54, 1.807) is 34.0 Å². The number of hydrogen-bond donors (Lipinski definition) is 4. The number of amides is 1. The van der Waals surface area contributed by atoms with Gasteiger partial charge in [-0.25, -0.2) is 4.79 Å². The lowest BCUT2D eigenvalue weighted by Gasteiger charge is -2.42. The Morgan fingerprint density at radius 1 is 0.870 bits per heavy atom. The van der Waals surface area contributed by atoms with Crippen LogP contribution >= 0.6 is 0 Å². The number of rotatable bonds is 10. The van der Waals surface area contributed by atoms with E-state index < -0.39 is 77.9 Å². The highest BCUT2D eigenvalue weighted by molar-refractivity contribution is 6.39. The number of ether oxygens (including phenoxy) is 6. The number of hydrogen-bond acceptors (Lipinski definition) is 15. The number of ketones is 3. The lowest BCUT2D eigenvalue weighted by atomic mass is 9.78. The number of nitrogens with zero attached hydrogens (tertiary/aromatic N) is 1. The zero-order valence-electron chi connectivity index (χ0n) is 42.6. The van der Waals surface area contributed by atoms with Crippen LogP contribution in [0.3, 0.4) is 0 Å². The molecule has 15 atom stereocenters. The highest BCUT2D eigenvalue weighted by Crippen LogP contribution is 2.36. The van der Waals surface area contributed by atoms with Gasteiger partial charge < -0.3 is 53.7 Å². The summed E-state index contributed by atoms with van der Waals surface area (Å²) in [5, 5.41) is 43.7. The summed E-state index contributed by atoms with van der Waals surface area (Å²) in [5.41, 5.74) is 1.20. The summed E-state index contributed by atoms with van der Waals surface area (Å²) >= 11 is 0. The fourth-order valence-electron chi connectivity index (χ4n) is 10.4. The molecule has 4 rings (SSSR count). The summed E-state index contributed by atoms with van der Waals surface area (Å²) in [5.74, 6) is -8.32. The van der Waals surface area contributed by atoms with Gasteiger partial charge in [0.25, 0.3) is 17.5 Å².